The van der Waals surface area contributed by atoms with E-state index in [-0.39, 0.29) is 44.6 Å². The van der Waals surface area contributed by atoms with Gasteiger partial charge in [0.2, 0.25) is 0 Å². The zero-order chi connectivity index (χ0) is 94.5. The van der Waals surface area contributed by atoms with E-state index in [0.29, 0.717) is 0 Å². The van der Waals surface area contributed by atoms with Gasteiger partial charge in [0, 0.05) is 166 Å². The van der Waals surface area contributed by atoms with Crippen LogP contribution >= 0.6 is 157 Å². The molecule has 11 fully saturated rings. The summed E-state index contributed by atoms with van der Waals surface area (Å²) in [5.74, 6) is 1.85. The maximum atomic E-state index is 6.73. The highest BCUT2D eigenvalue weighted by Gasteiger charge is 2.49. The molecule has 0 amide bonds. The van der Waals surface area contributed by atoms with Crippen LogP contribution in [0.4, 0.5) is 45.8 Å². The van der Waals surface area contributed by atoms with Crippen molar-refractivity contribution >= 4 is 203 Å². The van der Waals surface area contributed by atoms with Crippen LogP contribution in [0.1, 0.15) is 171 Å². The number of nitrogens with one attached hydrogen (secondary N) is 1. The van der Waals surface area contributed by atoms with E-state index in [9.17, 15) is 0 Å². The van der Waals surface area contributed by atoms with Crippen molar-refractivity contribution in [2.75, 3.05) is 170 Å². The van der Waals surface area contributed by atoms with Gasteiger partial charge in [0.25, 0.3) is 0 Å². The number of anilines is 8. The topological polar surface area (TPSA) is 186 Å². The van der Waals surface area contributed by atoms with E-state index in [2.05, 4.69) is 233 Å². The number of piperidine rings is 2. The molecule has 14 heterocycles. The molecule has 20 rings (SSSR count). The number of halogens is 7. The predicted molar refractivity (Wildman–Crippen MR) is 579 cm³/mol. The summed E-state index contributed by atoms with van der Waals surface area (Å²) in [5.41, 5.74) is 20.0. The number of benzene rings is 6. The number of ether oxygens (including phenoxy) is 2. The number of rotatable bonds is 16. The maximum Gasteiger partial charge on any atom is 0.147 e. The van der Waals surface area contributed by atoms with Crippen LogP contribution in [0, 0.1) is 10.8 Å². The number of hydrogen-bond acceptors (Lipinski definition) is 25. The number of thiol groups is 1. The molecule has 2 spiro atoms. The van der Waals surface area contributed by atoms with Gasteiger partial charge in [0.1, 0.15) is 31.3 Å². The molecule has 32 heteroatoms. The van der Waals surface area contributed by atoms with E-state index in [0.717, 1.165) is 247 Å². The Morgan fingerprint density at radius 3 is 0.866 bits per heavy atom. The van der Waals surface area contributed by atoms with E-state index in [1.54, 1.807) is 47.7 Å². The highest BCUT2D eigenvalue weighted by atomic mass is 79.9. The second kappa shape index (κ2) is 50.2. The van der Waals surface area contributed by atoms with E-state index < -0.39 is 0 Å². The number of aromatic nitrogens is 6. The Morgan fingerprint density at radius 2 is 0.619 bits per heavy atom. The zero-order valence-electron chi connectivity index (χ0n) is 78.9. The van der Waals surface area contributed by atoms with Crippen molar-refractivity contribution in [3.63, 3.8) is 0 Å². The van der Waals surface area contributed by atoms with Gasteiger partial charge in [-0.15, -0.1) is 36.2 Å². The minimum atomic E-state index is 0.121. The van der Waals surface area contributed by atoms with Gasteiger partial charge in [-0.2, -0.15) is 0 Å². The highest BCUT2D eigenvalue weighted by molar-refractivity contribution is 9.10. The van der Waals surface area contributed by atoms with Gasteiger partial charge >= 0.3 is 0 Å². The number of nitrogens with two attached hydrogens (primary N) is 2. The third-order valence-corrected chi connectivity index (χ3v) is 35.6. The van der Waals surface area contributed by atoms with Gasteiger partial charge in [-0.25, -0.2) is 29.9 Å². The first kappa shape index (κ1) is 105. The predicted octanol–water partition coefficient (Wildman–Crippen LogP) is 26.3. The number of nitrogens with zero attached hydrogens (tertiary/aromatic N) is 14. The van der Waals surface area contributed by atoms with Gasteiger partial charge < -0.3 is 65.5 Å². The molecular weight excluding hydrogens is 1980 g/mol. The number of hydrogen-bond donors (Lipinski definition) is 4. The van der Waals surface area contributed by atoms with Crippen LogP contribution in [-0.2, 0) is 9.47 Å². The van der Waals surface area contributed by atoms with Crippen molar-refractivity contribution in [1.82, 2.24) is 35.2 Å². The molecule has 4 atom stereocenters. The Balaban J connectivity index is 0.000000131. The molecule has 134 heavy (non-hydrogen) atoms. The second-order valence-corrected chi connectivity index (χ2v) is 48.8. The Hall–Kier alpha value is -4.92. The molecule has 5 N–H and O–H groups in total. The fourth-order valence-electron chi connectivity index (χ4n) is 18.9. The van der Waals surface area contributed by atoms with Gasteiger partial charge in [0.05, 0.1) is 127 Å². The first-order valence-electron chi connectivity index (χ1n) is 48.0. The molecule has 0 radical (unpaired) electrons. The van der Waals surface area contributed by atoms with Gasteiger partial charge in [-0.05, 0) is 231 Å². The average Bonchev–Trinajstić information content (AvgIpc) is 1.65. The van der Waals surface area contributed by atoms with E-state index in [1.165, 1.54) is 124 Å². The van der Waals surface area contributed by atoms with Crippen LogP contribution in [0.2, 0.25) is 30.1 Å². The molecule has 0 aliphatic carbocycles. The standard InChI is InChI=1S/2C23H30ClN5OS.C14H13BrClN3S.2C14H20ClNS.C10H12ClNS.C4H9N/c2*1-16-22(25)23(15-30-16)7-11-29(12-8-23)19-13-27-20(14-26-19)31-18-6-4-5-17(21(18)24)28-9-2-3-10-28;15-12-8-18-13(9-17-12)20-11-5-3-4-10(14(11)16)19-6-1-2-7-19;2*1-14(2,3)17-12-8-6-7-11(13(12)15)16-9-4-5-10-16;11-10-8(4-3-5-9(10)13)12-6-1-2-7-12;1-2-4-5-3-1/h2*4-6,13-14,16,22H,2-3,7-12,15,25H2,1H3;3-5,8-9H,1-2,6-7H2;2*6-8H,4-5,9-10H2,1-3H3;3-5,13H,1-2,6-7H2;5H,1-4H2/t2*16-,22+;;;;;/m00...../s1. The van der Waals surface area contributed by atoms with Crippen LogP contribution in [-0.4, -0.2) is 195 Å². The normalized spacial score (nSPS) is 20.7. The Kier molecular flexibility index (Phi) is 39.3. The summed E-state index contributed by atoms with van der Waals surface area (Å²) < 4.78 is 12.8. The first-order valence-corrected chi connectivity index (χ1v) is 55.6. The summed E-state index contributed by atoms with van der Waals surface area (Å²) in [4.78, 5) is 52.4. The van der Waals surface area contributed by atoms with Crippen molar-refractivity contribution in [2.24, 2.45) is 22.3 Å². The molecule has 9 aromatic rings. The van der Waals surface area contributed by atoms with Crippen molar-refractivity contribution in [3.05, 3.63) is 181 Å². The Bertz CT molecular complexity index is 4960. The second-order valence-electron chi connectivity index (χ2n) is 38.3. The minimum Gasteiger partial charge on any atom is -0.376 e. The lowest BCUT2D eigenvalue weighted by atomic mass is 9.73. The van der Waals surface area contributed by atoms with Crippen LogP contribution < -0.4 is 56.0 Å². The lowest BCUT2D eigenvalue weighted by Gasteiger charge is -2.41. The fraction of sp³-hybridized carbons (Fsp3) is 0.529. The van der Waals surface area contributed by atoms with Crippen LogP contribution in [0.5, 0.6) is 0 Å². The van der Waals surface area contributed by atoms with Gasteiger partial charge in [0.15, 0.2) is 0 Å². The van der Waals surface area contributed by atoms with E-state index >= 15 is 0 Å². The third kappa shape index (κ3) is 28.5. The molecule has 11 aliphatic rings. The summed E-state index contributed by atoms with van der Waals surface area (Å²) in [7, 11) is 0. The molecular formula is C102H134BrCl6N17O2S6. The summed E-state index contributed by atoms with van der Waals surface area (Å²) in [6.45, 7) is 38.6. The smallest absolute Gasteiger partial charge is 0.147 e. The molecule has 0 unspecified atom stereocenters. The quantitative estimate of drug-likeness (QED) is 0.0528. The Morgan fingerprint density at radius 1 is 0.351 bits per heavy atom. The lowest BCUT2D eigenvalue weighted by Crippen LogP contribution is -2.50. The summed E-state index contributed by atoms with van der Waals surface area (Å²) in [6, 6.07) is 37.6. The van der Waals surface area contributed by atoms with Crippen molar-refractivity contribution in [1.29, 1.82) is 0 Å². The first-order chi connectivity index (χ1) is 64.6. The van der Waals surface area contributed by atoms with Gasteiger partial charge in [-0.1, -0.05) is 183 Å². The molecule has 6 aromatic carbocycles. The Labute approximate surface area is 862 Å². The summed E-state index contributed by atoms with van der Waals surface area (Å²) in [5, 5.41) is 10.8. The van der Waals surface area contributed by atoms with E-state index in [4.69, 9.17) is 101 Å². The summed E-state index contributed by atoms with van der Waals surface area (Å²) in [6.07, 6.45) is 33.2. The van der Waals surface area contributed by atoms with Crippen molar-refractivity contribution in [3.8, 4) is 0 Å². The maximum absolute atomic E-state index is 6.73. The molecule has 0 bridgehead atoms. The monoisotopic (exact) mass is 2110 g/mol. The molecule has 724 valence electrons. The zero-order valence-corrected chi connectivity index (χ0v) is 90.0. The minimum absolute atomic E-state index is 0.121. The largest absolute Gasteiger partial charge is 0.376 e. The molecule has 11 aliphatic heterocycles. The van der Waals surface area contributed by atoms with Gasteiger partial charge in [-0.3, -0.25) is 0 Å². The fourth-order valence-corrected chi connectivity index (χ4v) is 25.7. The van der Waals surface area contributed by atoms with Crippen LogP contribution in [0.25, 0.3) is 0 Å². The molecule has 19 nitrogen and oxygen atoms in total. The van der Waals surface area contributed by atoms with E-state index in [1.807, 2.05) is 72.6 Å². The highest BCUT2D eigenvalue weighted by Crippen LogP contribution is 2.49. The summed E-state index contributed by atoms with van der Waals surface area (Å²) >= 11 is 55.2. The van der Waals surface area contributed by atoms with Crippen molar-refractivity contribution in [2.45, 2.75) is 249 Å². The number of thioether (sulfide) groups is 2. The van der Waals surface area contributed by atoms with Crippen LogP contribution in [0.15, 0.2) is 195 Å². The lowest BCUT2D eigenvalue weighted by molar-refractivity contribution is 0.0973. The van der Waals surface area contributed by atoms with Crippen LogP contribution in [0.3, 0.4) is 0 Å². The molecule has 0 saturated carbocycles. The SMILES string of the molecule is C1CCNC1.CC(C)(C)Sc1cccc(N2CCCC2)c1Cl.CC(C)(C)Sc1cccc(N2CCCC2)c1Cl.C[C@@H]1OCC2(CCN(c3cnc(Sc4cccc(N5CCCC5)c4Cl)cn3)CC2)[C@@H]1N.C[C@@H]1OCC2(CCN(c3cnc(Sc4cccc(N5CCCC5)c4Cl)cn3)CC2)[C@@H]1N.Clc1c(Sc2cnc(Br)cn2)cccc1N1CCCC1.Sc1cccc(N2CCCC2)c1Cl. The molecule has 11 saturated heterocycles. The average molecular weight is 2120 g/mol. The molecule has 3 aromatic heterocycles. The third-order valence-electron chi connectivity index (χ3n) is 26.5. The van der Waals surface area contributed by atoms with Crippen molar-refractivity contribution < 1.29 is 9.47 Å².